The summed E-state index contributed by atoms with van der Waals surface area (Å²) in [5.41, 5.74) is 0.488. The van der Waals surface area contributed by atoms with Crippen molar-refractivity contribution in [2.24, 2.45) is 0 Å². The third-order valence-corrected chi connectivity index (χ3v) is 3.67. The van der Waals surface area contributed by atoms with E-state index < -0.39 is 0 Å². The normalized spacial score (nSPS) is 36.7. The van der Waals surface area contributed by atoms with Gasteiger partial charge in [-0.25, -0.2) is 0 Å². The second-order valence-electron chi connectivity index (χ2n) is 4.24. The fourth-order valence-electron chi connectivity index (χ4n) is 2.66. The lowest BCUT2D eigenvalue weighted by molar-refractivity contribution is 0.0851. The summed E-state index contributed by atoms with van der Waals surface area (Å²) >= 11 is 0. The van der Waals surface area contributed by atoms with Gasteiger partial charge < -0.3 is 10.6 Å². The minimum atomic E-state index is 0.488. The molecular weight excluding hydrogens is 162 g/mol. The zero-order chi connectivity index (χ0) is 9.15. The van der Waals surface area contributed by atoms with Crippen molar-refractivity contribution in [2.45, 2.75) is 25.3 Å². The Hall–Kier alpha value is -0.120. The van der Waals surface area contributed by atoms with Crippen LogP contribution in [0.2, 0.25) is 0 Å². The molecule has 0 aliphatic carbocycles. The van der Waals surface area contributed by atoms with Gasteiger partial charge in [-0.1, -0.05) is 6.92 Å². The highest BCUT2D eigenvalue weighted by atomic mass is 15.3. The molecule has 1 unspecified atom stereocenters. The molecule has 1 atom stereocenters. The second-order valence-corrected chi connectivity index (χ2v) is 4.24. The molecule has 0 aromatic carbocycles. The van der Waals surface area contributed by atoms with Crippen LogP contribution in [0.5, 0.6) is 0 Å². The first-order chi connectivity index (χ1) is 6.37. The number of hydrogen-bond acceptors (Lipinski definition) is 3. The molecular formula is C10H21N3. The maximum Gasteiger partial charge on any atom is 0.0344 e. The van der Waals surface area contributed by atoms with Crippen LogP contribution in [0.15, 0.2) is 0 Å². The van der Waals surface area contributed by atoms with Gasteiger partial charge in [0.15, 0.2) is 0 Å². The highest BCUT2D eigenvalue weighted by Gasteiger charge is 2.37. The summed E-state index contributed by atoms with van der Waals surface area (Å²) in [6.07, 6.45) is 2.63. The second kappa shape index (κ2) is 3.95. The molecule has 2 heterocycles. The van der Waals surface area contributed by atoms with Gasteiger partial charge in [-0.05, 0) is 19.4 Å². The summed E-state index contributed by atoms with van der Waals surface area (Å²) in [5, 5.41) is 6.92. The van der Waals surface area contributed by atoms with E-state index >= 15 is 0 Å². The van der Waals surface area contributed by atoms with Gasteiger partial charge in [-0.2, -0.15) is 0 Å². The van der Waals surface area contributed by atoms with Crippen molar-refractivity contribution in [2.75, 3.05) is 39.3 Å². The van der Waals surface area contributed by atoms with Gasteiger partial charge in [-0.15, -0.1) is 0 Å². The standard InChI is InChI=1S/C10H21N3/c1-2-10(3-4-12-9-10)13-7-5-11-6-8-13/h11-12H,2-9H2,1H3. The Morgan fingerprint density at radius 3 is 2.46 bits per heavy atom. The fraction of sp³-hybridized carbons (Fsp3) is 1.00. The molecule has 3 nitrogen and oxygen atoms in total. The summed E-state index contributed by atoms with van der Waals surface area (Å²) < 4.78 is 0. The number of rotatable bonds is 2. The Balaban J connectivity index is 2.01. The molecule has 2 rings (SSSR count). The van der Waals surface area contributed by atoms with Crippen molar-refractivity contribution in [3.63, 3.8) is 0 Å². The van der Waals surface area contributed by atoms with Crippen molar-refractivity contribution in [1.82, 2.24) is 15.5 Å². The summed E-state index contributed by atoms with van der Waals surface area (Å²) in [5.74, 6) is 0. The summed E-state index contributed by atoms with van der Waals surface area (Å²) in [6.45, 7) is 9.53. The first-order valence-corrected chi connectivity index (χ1v) is 5.54. The SMILES string of the molecule is CCC1(N2CCNCC2)CCNC1. The van der Waals surface area contributed by atoms with Crippen LogP contribution >= 0.6 is 0 Å². The van der Waals surface area contributed by atoms with Crippen molar-refractivity contribution in [3.05, 3.63) is 0 Å². The molecule has 2 aliphatic heterocycles. The first kappa shape index (κ1) is 9.44. The van der Waals surface area contributed by atoms with Crippen LogP contribution in [-0.2, 0) is 0 Å². The number of hydrogen-bond donors (Lipinski definition) is 2. The Kier molecular flexibility index (Phi) is 2.86. The van der Waals surface area contributed by atoms with Gasteiger partial charge in [0.1, 0.15) is 0 Å². The molecule has 0 aromatic rings. The van der Waals surface area contributed by atoms with E-state index in [0.717, 1.165) is 0 Å². The quantitative estimate of drug-likeness (QED) is 0.633. The lowest BCUT2D eigenvalue weighted by atomic mass is 9.92. The molecule has 3 heteroatoms. The van der Waals surface area contributed by atoms with Crippen LogP contribution in [0.4, 0.5) is 0 Å². The number of piperazine rings is 1. The van der Waals surface area contributed by atoms with E-state index in [1.54, 1.807) is 0 Å². The third-order valence-electron chi connectivity index (χ3n) is 3.67. The Morgan fingerprint density at radius 1 is 1.15 bits per heavy atom. The highest BCUT2D eigenvalue weighted by Crippen LogP contribution is 2.26. The van der Waals surface area contributed by atoms with Gasteiger partial charge in [-0.3, -0.25) is 4.90 Å². The molecule has 2 saturated heterocycles. The van der Waals surface area contributed by atoms with Crippen LogP contribution < -0.4 is 10.6 Å². The first-order valence-electron chi connectivity index (χ1n) is 5.54. The Labute approximate surface area is 80.9 Å². The smallest absolute Gasteiger partial charge is 0.0344 e. The molecule has 76 valence electrons. The van der Waals surface area contributed by atoms with E-state index in [4.69, 9.17) is 0 Å². The van der Waals surface area contributed by atoms with Gasteiger partial charge in [0.25, 0.3) is 0 Å². The largest absolute Gasteiger partial charge is 0.315 e. The van der Waals surface area contributed by atoms with E-state index in [1.165, 1.54) is 52.1 Å². The lowest BCUT2D eigenvalue weighted by Crippen LogP contribution is -2.57. The van der Waals surface area contributed by atoms with E-state index in [2.05, 4.69) is 22.5 Å². The van der Waals surface area contributed by atoms with Gasteiger partial charge >= 0.3 is 0 Å². The summed E-state index contributed by atoms with van der Waals surface area (Å²) in [6, 6.07) is 0. The molecule has 2 fully saturated rings. The molecule has 0 aromatic heterocycles. The van der Waals surface area contributed by atoms with Crippen molar-refractivity contribution in [1.29, 1.82) is 0 Å². The molecule has 13 heavy (non-hydrogen) atoms. The molecule has 0 saturated carbocycles. The molecule has 0 bridgehead atoms. The molecule has 0 radical (unpaired) electrons. The maximum atomic E-state index is 3.50. The average molecular weight is 183 g/mol. The van der Waals surface area contributed by atoms with Crippen LogP contribution in [0.1, 0.15) is 19.8 Å². The molecule has 2 aliphatic rings. The maximum absolute atomic E-state index is 3.50. The van der Waals surface area contributed by atoms with Gasteiger partial charge in [0.2, 0.25) is 0 Å². The molecule has 0 spiro atoms. The minimum Gasteiger partial charge on any atom is -0.315 e. The highest BCUT2D eigenvalue weighted by molar-refractivity contribution is 4.97. The van der Waals surface area contributed by atoms with E-state index in [1.807, 2.05) is 0 Å². The van der Waals surface area contributed by atoms with Crippen LogP contribution in [0, 0.1) is 0 Å². The third kappa shape index (κ3) is 1.73. The van der Waals surface area contributed by atoms with Crippen LogP contribution in [0.3, 0.4) is 0 Å². The van der Waals surface area contributed by atoms with E-state index in [-0.39, 0.29) is 0 Å². The zero-order valence-electron chi connectivity index (χ0n) is 8.60. The minimum absolute atomic E-state index is 0.488. The summed E-state index contributed by atoms with van der Waals surface area (Å²) in [4.78, 5) is 2.68. The van der Waals surface area contributed by atoms with Gasteiger partial charge in [0, 0.05) is 38.3 Å². The zero-order valence-corrected chi connectivity index (χ0v) is 8.60. The Morgan fingerprint density at radius 2 is 1.92 bits per heavy atom. The van der Waals surface area contributed by atoms with E-state index in [9.17, 15) is 0 Å². The molecule has 2 N–H and O–H groups in total. The van der Waals surface area contributed by atoms with E-state index in [0.29, 0.717) is 5.54 Å². The predicted octanol–water partition coefficient (Wildman–Crippen LogP) is 0.0337. The fourth-order valence-corrected chi connectivity index (χ4v) is 2.66. The molecule has 0 amide bonds. The Bertz CT molecular complexity index is 158. The van der Waals surface area contributed by atoms with Gasteiger partial charge in [0.05, 0.1) is 0 Å². The average Bonchev–Trinajstić information content (AvgIpc) is 2.69. The van der Waals surface area contributed by atoms with Crippen molar-refractivity contribution in [3.8, 4) is 0 Å². The topological polar surface area (TPSA) is 27.3 Å². The summed E-state index contributed by atoms with van der Waals surface area (Å²) in [7, 11) is 0. The van der Waals surface area contributed by atoms with Crippen molar-refractivity contribution >= 4 is 0 Å². The number of nitrogens with zero attached hydrogens (tertiary/aromatic N) is 1. The van der Waals surface area contributed by atoms with Crippen molar-refractivity contribution < 1.29 is 0 Å². The van der Waals surface area contributed by atoms with Crippen LogP contribution in [-0.4, -0.2) is 49.7 Å². The number of nitrogens with one attached hydrogen (secondary N) is 2. The monoisotopic (exact) mass is 183 g/mol. The van der Waals surface area contributed by atoms with Crippen LogP contribution in [0.25, 0.3) is 0 Å². The lowest BCUT2D eigenvalue weighted by Gasteiger charge is -2.42. The predicted molar refractivity (Wildman–Crippen MR) is 55.0 cm³/mol.